The fourth-order valence-electron chi connectivity index (χ4n) is 3.12. The van der Waals surface area contributed by atoms with Gasteiger partial charge < -0.3 is 9.64 Å². The molecule has 142 valence electrons. The highest BCUT2D eigenvalue weighted by molar-refractivity contribution is 5.68. The van der Waals surface area contributed by atoms with Crippen LogP contribution in [0.25, 0.3) is 11.3 Å². The summed E-state index contributed by atoms with van der Waals surface area (Å²) in [5.74, 6) is -0.253. The Morgan fingerprint density at radius 3 is 2.85 bits per heavy atom. The van der Waals surface area contributed by atoms with Gasteiger partial charge in [0.05, 0.1) is 11.3 Å². The van der Waals surface area contributed by atoms with Gasteiger partial charge in [0.15, 0.2) is 0 Å². The highest BCUT2D eigenvalue weighted by Crippen LogP contribution is 2.23. The first-order valence-corrected chi connectivity index (χ1v) is 8.96. The van der Waals surface area contributed by atoms with E-state index < -0.39 is 11.4 Å². The normalized spacial score (nSPS) is 17.0. The molecule has 0 spiro atoms. The Hall–Kier alpha value is -2.88. The van der Waals surface area contributed by atoms with E-state index in [0.29, 0.717) is 36.8 Å². The molecule has 0 saturated carbocycles. The fourth-order valence-corrected chi connectivity index (χ4v) is 3.12. The number of halogens is 1. The number of amides is 1. The highest BCUT2D eigenvalue weighted by atomic mass is 19.1. The van der Waals surface area contributed by atoms with Gasteiger partial charge in [0.2, 0.25) is 0 Å². The Balaban J connectivity index is 1.61. The van der Waals surface area contributed by atoms with E-state index in [9.17, 15) is 9.18 Å². The number of ether oxygens (including phenoxy) is 1. The standard InChI is InChI=1S/C20H23FN4O2/c1-20(2,3)27-19(26)24-8-6-14(12-24)13-25-9-7-18(23-25)15-4-5-16(11-22)17(21)10-15/h4-5,7,9-10,14H,6,8,12-13H2,1-3H3/t14-/m0/s1. The first-order chi connectivity index (χ1) is 12.7. The van der Waals surface area contributed by atoms with Crippen molar-refractivity contribution in [3.05, 3.63) is 41.8 Å². The summed E-state index contributed by atoms with van der Waals surface area (Å²) in [5, 5.41) is 13.3. The summed E-state index contributed by atoms with van der Waals surface area (Å²) in [6.07, 6.45) is 2.46. The molecule has 6 nitrogen and oxygen atoms in total. The number of hydrogen-bond acceptors (Lipinski definition) is 4. The summed E-state index contributed by atoms with van der Waals surface area (Å²) >= 11 is 0. The van der Waals surface area contributed by atoms with Crippen LogP contribution in [0, 0.1) is 23.1 Å². The number of benzene rings is 1. The van der Waals surface area contributed by atoms with E-state index in [1.807, 2.05) is 43.8 Å². The maximum absolute atomic E-state index is 13.8. The molecule has 1 amide bonds. The molecule has 2 aromatic rings. The van der Waals surface area contributed by atoms with Crippen LogP contribution >= 0.6 is 0 Å². The third kappa shape index (κ3) is 4.64. The Kier molecular flexibility index (Phi) is 5.17. The molecular weight excluding hydrogens is 347 g/mol. The van der Waals surface area contributed by atoms with Crippen LogP contribution in [-0.4, -0.2) is 39.5 Å². The van der Waals surface area contributed by atoms with Crippen molar-refractivity contribution in [2.75, 3.05) is 13.1 Å². The van der Waals surface area contributed by atoms with Gasteiger partial charge in [-0.1, -0.05) is 6.07 Å². The van der Waals surface area contributed by atoms with Gasteiger partial charge in [0, 0.05) is 31.4 Å². The zero-order valence-electron chi connectivity index (χ0n) is 15.8. The Bertz CT molecular complexity index is 879. The van der Waals surface area contributed by atoms with Crippen LogP contribution in [0.2, 0.25) is 0 Å². The van der Waals surface area contributed by atoms with E-state index in [1.165, 1.54) is 12.1 Å². The van der Waals surface area contributed by atoms with Crippen molar-refractivity contribution in [3.8, 4) is 17.3 Å². The Morgan fingerprint density at radius 2 is 2.19 bits per heavy atom. The third-order valence-electron chi connectivity index (χ3n) is 4.41. The molecule has 27 heavy (non-hydrogen) atoms. The van der Waals surface area contributed by atoms with Gasteiger partial charge in [-0.2, -0.15) is 10.4 Å². The van der Waals surface area contributed by atoms with E-state index in [0.717, 1.165) is 6.42 Å². The number of likely N-dealkylation sites (tertiary alicyclic amines) is 1. The zero-order valence-corrected chi connectivity index (χ0v) is 15.8. The molecule has 1 aliphatic heterocycles. The summed E-state index contributed by atoms with van der Waals surface area (Å²) < 4.78 is 21.0. The first-order valence-electron chi connectivity index (χ1n) is 8.96. The van der Waals surface area contributed by atoms with Gasteiger partial charge >= 0.3 is 6.09 Å². The van der Waals surface area contributed by atoms with Crippen molar-refractivity contribution in [1.82, 2.24) is 14.7 Å². The van der Waals surface area contributed by atoms with E-state index in [-0.39, 0.29) is 11.7 Å². The van der Waals surface area contributed by atoms with Crippen LogP contribution in [0.1, 0.15) is 32.8 Å². The van der Waals surface area contributed by atoms with Crippen molar-refractivity contribution in [2.45, 2.75) is 39.3 Å². The second kappa shape index (κ2) is 7.39. The van der Waals surface area contributed by atoms with Crippen LogP contribution in [0.5, 0.6) is 0 Å². The molecule has 0 aliphatic carbocycles. The Labute approximate surface area is 158 Å². The topological polar surface area (TPSA) is 71.2 Å². The summed E-state index contributed by atoms with van der Waals surface area (Å²) in [7, 11) is 0. The summed E-state index contributed by atoms with van der Waals surface area (Å²) in [5.41, 5.74) is 0.807. The number of carbonyl (C=O) groups excluding carboxylic acids is 1. The lowest BCUT2D eigenvalue weighted by Crippen LogP contribution is -2.35. The molecule has 0 radical (unpaired) electrons. The lowest BCUT2D eigenvalue weighted by Gasteiger charge is -2.24. The molecule has 1 aliphatic rings. The molecule has 2 heterocycles. The molecule has 3 rings (SSSR count). The second-order valence-corrected chi connectivity index (χ2v) is 7.81. The molecule has 1 aromatic carbocycles. The molecule has 1 saturated heterocycles. The van der Waals surface area contributed by atoms with E-state index in [2.05, 4.69) is 5.10 Å². The van der Waals surface area contributed by atoms with Crippen LogP contribution in [0.3, 0.4) is 0 Å². The van der Waals surface area contributed by atoms with Crippen LogP contribution in [0.15, 0.2) is 30.5 Å². The SMILES string of the molecule is CC(C)(C)OC(=O)N1CC[C@H](Cn2ccc(-c3ccc(C#N)c(F)c3)n2)C1. The van der Waals surface area contributed by atoms with Crippen LogP contribution in [0.4, 0.5) is 9.18 Å². The van der Waals surface area contributed by atoms with E-state index in [4.69, 9.17) is 10.00 Å². The monoisotopic (exact) mass is 370 g/mol. The number of carbonyl (C=O) groups is 1. The molecular formula is C20H23FN4O2. The summed E-state index contributed by atoms with van der Waals surface area (Å²) in [6, 6.07) is 8.10. The molecule has 0 bridgehead atoms. The summed E-state index contributed by atoms with van der Waals surface area (Å²) in [6.45, 7) is 7.56. The van der Waals surface area contributed by atoms with E-state index in [1.54, 1.807) is 11.0 Å². The maximum Gasteiger partial charge on any atom is 0.410 e. The highest BCUT2D eigenvalue weighted by Gasteiger charge is 2.30. The number of nitrogens with zero attached hydrogens (tertiary/aromatic N) is 4. The predicted molar refractivity (Wildman–Crippen MR) is 98.3 cm³/mol. The summed E-state index contributed by atoms with van der Waals surface area (Å²) in [4.78, 5) is 13.9. The predicted octanol–water partition coefficient (Wildman–Crippen LogP) is 3.82. The smallest absolute Gasteiger partial charge is 0.410 e. The number of rotatable bonds is 3. The van der Waals surface area contributed by atoms with Crippen LogP contribution < -0.4 is 0 Å². The molecule has 7 heteroatoms. The van der Waals surface area contributed by atoms with Crippen molar-refractivity contribution in [1.29, 1.82) is 5.26 Å². The fraction of sp³-hybridized carbons (Fsp3) is 0.450. The minimum Gasteiger partial charge on any atom is -0.444 e. The molecule has 1 fully saturated rings. The average Bonchev–Trinajstić information content (AvgIpc) is 3.23. The largest absolute Gasteiger partial charge is 0.444 e. The number of aromatic nitrogens is 2. The van der Waals surface area contributed by atoms with Gasteiger partial charge in [-0.15, -0.1) is 0 Å². The van der Waals surface area contributed by atoms with Crippen molar-refractivity contribution < 1.29 is 13.9 Å². The minimum absolute atomic E-state index is 0.0198. The number of hydrogen-bond donors (Lipinski definition) is 0. The zero-order chi connectivity index (χ0) is 19.6. The van der Waals surface area contributed by atoms with Gasteiger partial charge in [0.1, 0.15) is 17.5 Å². The van der Waals surface area contributed by atoms with E-state index >= 15 is 0 Å². The van der Waals surface area contributed by atoms with Crippen molar-refractivity contribution in [3.63, 3.8) is 0 Å². The molecule has 1 aromatic heterocycles. The van der Waals surface area contributed by atoms with Crippen molar-refractivity contribution in [2.24, 2.45) is 5.92 Å². The van der Waals surface area contributed by atoms with Gasteiger partial charge in [-0.3, -0.25) is 4.68 Å². The Morgan fingerprint density at radius 1 is 1.41 bits per heavy atom. The molecule has 1 atom stereocenters. The number of nitriles is 1. The molecule has 0 unspecified atom stereocenters. The third-order valence-corrected chi connectivity index (χ3v) is 4.41. The second-order valence-electron chi connectivity index (χ2n) is 7.81. The quantitative estimate of drug-likeness (QED) is 0.823. The molecule has 0 N–H and O–H groups in total. The average molecular weight is 370 g/mol. The maximum atomic E-state index is 13.8. The van der Waals surface area contributed by atoms with Crippen molar-refractivity contribution >= 4 is 6.09 Å². The minimum atomic E-state index is -0.548. The van der Waals surface area contributed by atoms with Gasteiger partial charge in [0.25, 0.3) is 0 Å². The lowest BCUT2D eigenvalue weighted by molar-refractivity contribution is 0.0286. The lowest BCUT2D eigenvalue weighted by atomic mass is 10.1. The first kappa shape index (κ1) is 18.9. The van der Waals surface area contributed by atoms with Crippen LogP contribution in [-0.2, 0) is 11.3 Å². The van der Waals surface area contributed by atoms with Gasteiger partial charge in [-0.05, 0) is 51.3 Å². The van der Waals surface area contributed by atoms with Gasteiger partial charge in [-0.25, -0.2) is 9.18 Å².